The molecule has 1 fully saturated rings. The van der Waals surface area contributed by atoms with Crippen LogP contribution in [0.25, 0.3) is 11.1 Å². The van der Waals surface area contributed by atoms with E-state index in [0.29, 0.717) is 27.8 Å². The van der Waals surface area contributed by atoms with Gasteiger partial charge in [-0.3, -0.25) is 4.74 Å². The van der Waals surface area contributed by atoms with Crippen LogP contribution in [0.15, 0.2) is 176 Å². The van der Waals surface area contributed by atoms with Crippen molar-refractivity contribution in [3.05, 3.63) is 204 Å². The van der Waals surface area contributed by atoms with Crippen LogP contribution in [0.5, 0.6) is 0 Å². The first-order valence-electron chi connectivity index (χ1n) is 18.5. The Kier molecular flexibility index (Phi) is 11.0. The van der Waals surface area contributed by atoms with Crippen LogP contribution in [0.3, 0.4) is 0 Å². The fourth-order valence-corrected chi connectivity index (χ4v) is 9.99. The number of ether oxygens (including phenoxy) is 6. The number of benzene rings is 6. The summed E-state index contributed by atoms with van der Waals surface area (Å²) in [5.74, 6) is -6.30. The van der Waals surface area contributed by atoms with Crippen LogP contribution in [-0.2, 0) is 45.0 Å². The van der Waals surface area contributed by atoms with Crippen LogP contribution in [0.1, 0.15) is 33.7 Å². The van der Waals surface area contributed by atoms with E-state index in [0.717, 1.165) is 5.56 Å². The average Bonchev–Trinajstić information content (AvgIpc) is 3.26. The lowest BCUT2D eigenvalue weighted by molar-refractivity contribution is -0.526. The van der Waals surface area contributed by atoms with Crippen LogP contribution in [0.4, 0.5) is 13.2 Å². The molecule has 4 atom stereocenters. The fourth-order valence-electron chi connectivity index (χ4n) is 9.99. The minimum absolute atomic E-state index is 0.226. The second-order valence-corrected chi connectivity index (χ2v) is 13.9. The molecule has 294 valence electrons. The molecule has 6 nitrogen and oxygen atoms in total. The molecule has 57 heavy (non-hydrogen) atoms. The molecule has 0 radical (unpaired) electrons. The Morgan fingerprint density at radius 1 is 0.439 bits per heavy atom. The van der Waals surface area contributed by atoms with Gasteiger partial charge in [-0.2, -0.15) is 0 Å². The van der Waals surface area contributed by atoms with Gasteiger partial charge >= 0.3 is 6.36 Å². The molecular formula is C48H45F3O6. The highest BCUT2D eigenvalue weighted by Gasteiger charge is 2.90. The summed E-state index contributed by atoms with van der Waals surface area (Å²) in [5, 5.41) is 0. The Morgan fingerprint density at radius 3 is 1.30 bits per heavy atom. The van der Waals surface area contributed by atoms with E-state index in [2.05, 4.69) is 0 Å². The Hall–Kier alpha value is -5.13. The molecule has 0 saturated heterocycles. The topological polar surface area (TPSA) is 55.4 Å². The summed E-state index contributed by atoms with van der Waals surface area (Å²) < 4.78 is 89.2. The maximum atomic E-state index is 16.2. The first-order valence-corrected chi connectivity index (χ1v) is 18.5. The predicted octanol–water partition coefficient (Wildman–Crippen LogP) is 10.4. The van der Waals surface area contributed by atoms with Crippen LogP contribution < -0.4 is 0 Å². The highest BCUT2D eigenvalue weighted by molar-refractivity contribution is 5.71. The quantitative estimate of drug-likeness (QED) is 0.115. The Labute approximate surface area is 331 Å². The third kappa shape index (κ3) is 5.63. The van der Waals surface area contributed by atoms with Gasteiger partial charge in [-0.05, 0) is 33.4 Å². The van der Waals surface area contributed by atoms with E-state index < -0.39 is 40.5 Å². The van der Waals surface area contributed by atoms with Gasteiger partial charge in [-0.15, -0.1) is 13.2 Å². The third-order valence-electron chi connectivity index (χ3n) is 11.7. The van der Waals surface area contributed by atoms with Gasteiger partial charge in [0.1, 0.15) is 0 Å². The molecule has 4 unspecified atom stereocenters. The van der Waals surface area contributed by atoms with E-state index in [9.17, 15) is 0 Å². The number of alkyl halides is 3. The zero-order chi connectivity index (χ0) is 40.4. The molecule has 0 amide bonds. The molecule has 0 aliphatic heterocycles. The maximum absolute atomic E-state index is 16.2. The van der Waals surface area contributed by atoms with Crippen LogP contribution in [0, 0.1) is 0 Å². The van der Waals surface area contributed by atoms with Crippen LogP contribution in [-0.4, -0.2) is 53.5 Å². The van der Waals surface area contributed by atoms with E-state index in [-0.39, 0.29) is 5.56 Å². The summed E-state index contributed by atoms with van der Waals surface area (Å²) >= 11 is 0. The largest absolute Gasteiger partial charge is 0.525 e. The smallest absolute Gasteiger partial charge is 0.364 e. The highest BCUT2D eigenvalue weighted by Crippen LogP contribution is 2.76. The summed E-state index contributed by atoms with van der Waals surface area (Å²) in [5.41, 5.74) is -3.45. The third-order valence-corrected chi connectivity index (χ3v) is 11.7. The summed E-state index contributed by atoms with van der Waals surface area (Å²) in [6.07, 6.45) is -5.34. The molecule has 0 spiro atoms. The molecule has 7 rings (SSSR count). The van der Waals surface area contributed by atoms with E-state index in [4.69, 9.17) is 28.4 Å². The van der Waals surface area contributed by atoms with Gasteiger partial charge in [-0.25, -0.2) is 0 Å². The zero-order valence-electron chi connectivity index (χ0n) is 32.4. The van der Waals surface area contributed by atoms with Crippen molar-refractivity contribution < 1.29 is 41.6 Å². The Balaban J connectivity index is 1.89. The molecule has 6 aromatic carbocycles. The van der Waals surface area contributed by atoms with Crippen molar-refractivity contribution in [1.82, 2.24) is 0 Å². The fraction of sp³-hybridized carbons (Fsp3) is 0.250. The monoisotopic (exact) mass is 774 g/mol. The van der Waals surface area contributed by atoms with Crippen LogP contribution >= 0.6 is 0 Å². The zero-order valence-corrected chi connectivity index (χ0v) is 32.4. The molecule has 6 aromatic rings. The molecule has 9 heteroatoms. The molecule has 0 aromatic heterocycles. The van der Waals surface area contributed by atoms with Gasteiger partial charge in [0, 0.05) is 41.1 Å². The average molecular weight is 775 g/mol. The van der Waals surface area contributed by atoms with Crippen molar-refractivity contribution in [2.24, 2.45) is 0 Å². The molecule has 0 N–H and O–H groups in total. The van der Waals surface area contributed by atoms with Gasteiger partial charge in [0.05, 0.1) is 11.3 Å². The Morgan fingerprint density at radius 2 is 0.860 bits per heavy atom. The van der Waals surface area contributed by atoms with E-state index in [1.165, 1.54) is 35.5 Å². The maximum Gasteiger partial charge on any atom is 0.525 e. The minimum atomic E-state index is -5.34. The molecular weight excluding hydrogens is 730 g/mol. The molecule has 1 saturated carbocycles. The van der Waals surface area contributed by atoms with Gasteiger partial charge in [0.15, 0.2) is 11.2 Å². The highest BCUT2D eigenvalue weighted by atomic mass is 19.4. The molecule has 1 aliphatic rings. The minimum Gasteiger partial charge on any atom is -0.364 e. The number of methoxy groups -OCH3 is 5. The summed E-state index contributed by atoms with van der Waals surface area (Å²) in [6.45, 7) is 0. The van der Waals surface area contributed by atoms with Gasteiger partial charge in [-0.1, -0.05) is 176 Å². The second-order valence-electron chi connectivity index (χ2n) is 13.9. The van der Waals surface area contributed by atoms with Gasteiger partial charge in [0.25, 0.3) is 0 Å². The lowest BCUT2D eigenvalue weighted by Gasteiger charge is -2.73. The lowest BCUT2D eigenvalue weighted by atomic mass is 9.41. The summed E-state index contributed by atoms with van der Waals surface area (Å²) in [7, 11) is 6.96. The van der Waals surface area contributed by atoms with Crippen LogP contribution in [0.2, 0.25) is 0 Å². The van der Waals surface area contributed by atoms with Crippen molar-refractivity contribution in [3.8, 4) is 11.1 Å². The summed E-state index contributed by atoms with van der Waals surface area (Å²) in [6, 6.07) is 52.5. The molecule has 1 aliphatic carbocycles. The van der Waals surface area contributed by atoms with Crippen molar-refractivity contribution >= 4 is 0 Å². The SMILES string of the molecule is COC1(OC)C(c2ccccc2)C(c2ccccc2)(c2ccccc2)C(OC)(OC(F)(F)F)C(OC)(c2ccccc2)C1(OC)c1ccccc1-c1ccccc1. The number of halogens is 3. The van der Waals surface area contributed by atoms with E-state index in [1.54, 1.807) is 97.1 Å². The van der Waals surface area contributed by atoms with Crippen molar-refractivity contribution in [3.63, 3.8) is 0 Å². The van der Waals surface area contributed by atoms with Gasteiger partial charge in [0.2, 0.25) is 11.6 Å². The van der Waals surface area contributed by atoms with Gasteiger partial charge < -0.3 is 23.7 Å². The van der Waals surface area contributed by atoms with Crippen molar-refractivity contribution in [2.45, 2.75) is 40.5 Å². The number of hydrogen-bond donors (Lipinski definition) is 0. The molecule has 0 heterocycles. The Bertz CT molecular complexity index is 2180. The predicted molar refractivity (Wildman–Crippen MR) is 212 cm³/mol. The first-order chi connectivity index (χ1) is 27.6. The van der Waals surface area contributed by atoms with E-state index in [1.807, 2.05) is 78.9 Å². The summed E-state index contributed by atoms with van der Waals surface area (Å²) in [4.78, 5) is 0. The van der Waals surface area contributed by atoms with Crippen molar-refractivity contribution in [2.75, 3.05) is 35.5 Å². The standard InChI is InChI=1S/C48H45F3O6/c1-52-44(39-31-19-10-20-32-39)45(53-2,41-34-22-21-33-40(41)35-23-11-6-12-24-35)46(54-3,55-4)42(36-25-13-7-14-26-36)43(37-27-15-8-16-28-37,38-29-17-9-18-30-38)47(44,56-5)57-48(49,50)51/h6-34,42H,1-5H3. The second kappa shape index (κ2) is 15.7. The first kappa shape index (κ1) is 40.1. The van der Waals surface area contributed by atoms with Crippen molar-refractivity contribution in [1.29, 1.82) is 0 Å². The number of rotatable bonds is 12. The normalized spacial score (nSPS) is 24.2. The molecule has 0 bridgehead atoms. The lowest BCUT2D eigenvalue weighted by Crippen LogP contribution is -2.87. The van der Waals surface area contributed by atoms with E-state index >= 15 is 13.2 Å². The number of hydrogen-bond acceptors (Lipinski definition) is 6.